The number of carbonyl (C=O) groups is 2. The third kappa shape index (κ3) is 2.25. The van der Waals surface area contributed by atoms with Crippen LogP contribution in [0.2, 0.25) is 0 Å². The summed E-state index contributed by atoms with van der Waals surface area (Å²) >= 11 is 0. The second-order valence-electron chi connectivity index (χ2n) is 3.87. The van der Waals surface area contributed by atoms with Crippen molar-refractivity contribution in [2.45, 2.75) is 26.7 Å². The highest BCUT2D eigenvalue weighted by Crippen LogP contribution is 2.26. The Morgan fingerprint density at radius 3 is 2.57 bits per heavy atom. The average Bonchev–Trinajstić information content (AvgIpc) is 2.53. The molecular weight excluding hydrogens is 182 g/mol. The molecule has 1 amide bonds. The maximum atomic E-state index is 11.1. The summed E-state index contributed by atoms with van der Waals surface area (Å²) in [5.41, 5.74) is 0. The van der Waals surface area contributed by atoms with Crippen LogP contribution in [0.4, 0.5) is 0 Å². The molecule has 1 aliphatic rings. The Bertz CT molecular complexity index is 240. The molecule has 1 saturated heterocycles. The van der Waals surface area contributed by atoms with Crippen LogP contribution in [0.5, 0.6) is 0 Å². The van der Waals surface area contributed by atoms with Crippen molar-refractivity contribution in [3.8, 4) is 0 Å². The van der Waals surface area contributed by atoms with Gasteiger partial charge in [0.15, 0.2) is 0 Å². The van der Waals surface area contributed by atoms with Gasteiger partial charge in [0.1, 0.15) is 0 Å². The van der Waals surface area contributed by atoms with E-state index in [-0.39, 0.29) is 17.7 Å². The second kappa shape index (κ2) is 4.44. The van der Waals surface area contributed by atoms with E-state index in [1.807, 2.05) is 6.92 Å². The van der Waals surface area contributed by atoms with Crippen LogP contribution in [0.25, 0.3) is 0 Å². The van der Waals surface area contributed by atoms with Crippen LogP contribution in [0.1, 0.15) is 26.7 Å². The van der Waals surface area contributed by atoms with Crippen molar-refractivity contribution in [1.29, 1.82) is 0 Å². The SMILES string of the molecule is CCC(C(=O)O)C1CCN(C(C)=O)C1. The van der Waals surface area contributed by atoms with E-state index in [1.54, 1.807) is 4.90 Å². The lowest BCUT2D eigenvalue weighted by molar-refractivity contribution is -0.144. The van der Waals surface area contributed by atoms with Gasteiger partial charge in [-0.15, -0.1) is 0 Å². The number of amides is 1. The standard InChI is InChI=1S/C10H17NO3/c1-3-9(10(13)14)8-4-5-11(6-8)7(2)12/h8-9H,3-6H2,1-2H3,(H,13,14). The summed E-state index contributed by atoms with van der Waals surface area (Å²) in [6.07, 6.45) is 1.47. The molecule has 14 heavy (non-hydrogen) atoms. The van der Waals surface area contributed by atoms with Crippen LogP contribution in [-0.4, -0.2) is 35.0 Å². The van der Waals surface area contributed by atoms with Crippen LogP contribution < -0.4 is 0 Å². The normalized spacial score (nSPS) is 23.6. The average molecular weight is 199 g/mol. The maximum Gasteiger partial charge on any atom is 0.306 e. The van der Waals surface area contributed by atoms with Gasteiger partial charge < -0.3 is 10.0 Å². The summed E-state index contributed by atoms with van der Waals surface area (Å²) < 4.78 is 0. The largest absolute Gasteiger partial charge is 0.481 e. The van der Waals surface area contributed by atoms with Crippen molar-refractivity contribution in [2.75, 3.05) is 13.1 Å². The van der Waals surface area contributed by atoms with Crippen LogP contribution in [0, 0.1) is 11.8 Å². The van der Waals surface area contributed by atoms with Crippen LogP contribution >= 0.6 is 0 Å². The molecule has 80 valence electrons. The zero-order chi connectivity index (χ0) is 10.7. The first-order chi connectivity index (χ1) is 6.56. The first-order valence-corrected chi connectivity index (χ1v) is 5.04. The third-order valence-corrected chi connectivity index (χ3v) is 3.00. The van der Waals surface area contributed by atoms with Gasteiger partial charge >= 0.3 is 5.97 Å². The summed E-state index contributed by atoms with van der Waals surface area (Å²) in [5, 5.41) is 8.96. The number of rotatable bonds is 3. The second-order valence-corrected chi connectivity index (χ2v) is 3.87. The molecule has 1 fully saturated rings. The number of aliphatic carboxylic acids is 1. The van der Waals surface area contributed by atoms with Crippen LogP contribution in [-0.2, 0) is 9.59 Å². The van der Waals surface area contributed by atoms with Gasteiger partial charge in [-0.3, -0.25) is 9.59 Å². The van der Waals surface area contributed by atoms with E-state index >= 15 is 0 Å². The first kappa shape index (κ1) is 11.0. The van der Waals surface area contributed by atoms with Gasteiger partial charge in [0.25, 0.3) is 0 Å². The fourth-order valence-corrected chi connectivity index (χ4v) is 2.11. The molecule has 4 heteroatoms. The number of nitrogens with zero attached hydrogens (tertiary/aromatic N) is 1. The number of carbonyl (C=O) groups excluding carboxylic acids is 1. The zero-order valence-electron chi connectivity index (χ0n) is 8.69. The fourth-order valence-electron chi connectivity index (χ4n) is 2.11. The summed E-state index contributed by atoms with van der Waals surface area (Å²) in [5.74, 6) is -0.837. The number of carboxylic acids is 1. The van der Waals surface area contributed by atoms with E-state index in [4.69, 9.17) is 5.11 Å². The molecule has 2 atom stereocenters. The van der Waals surface area contributed by atoms with Crippen LogP contribution in [0.15, 0.2) is 0 Å². The maximum absolute atomic E-state index is 11.1. The van der Waals surface area contributed by atoms with Crippen molar-refractivity contribution in [1.82, 2.24) is 4.90 Å². The van der Waals surface area contributed by atoms with Crippen molar-refractivity contribution in [3.63, 3.8) is 0 Å². The van der Waals surface area contributed by atoms with E-state index in [2.05, 4.69) is 0 Å². The Hall–Kier alpha value is -1.06. The summed E-state index contributed by atoms with van der Waals surface area (Å²) in [6, 6.07) is 0. The van der Waals surface area contributed by atoms with Crippen molar-refractivity contribution < 1.29 is 14.7 Å². The quantitative estimate of drug-likeness (QED) is 0.736. The molecule has 0 spiro atoms. The topological polar surface area (TPSA) is 57.6 Å². The lowest BCUT2D eigenvalue weighted by Crippen LogP contribution is -2.29. The van der Waals surface area contributed by atoms with Crippen LogP contribution in [0.3, 0.4) is 0 Å². The van der Waals surface area contributed by atoms with Crippen molar-refractivity contribution >= 4 is 11.9 Å². The van der Waals surface area contributed by atoms with Gasteiger partial charge in [-0.25, -0.2) is 0 Å². The Morgan fingerprint density at radius 2 is 2.21 bits per heavy atom. The van der Waals surface area contributed by atoms with Gasteiger partial charge in [0, 0.05) is 20.0 Å². The summed E-state index contributed by atoms with van der Waals surface area (Å²) in [4.78, 5) is 23.7. The Kier molecular flexibility index (Phi) is 3.49. The minimum absolute atomic E-state index is 0.0488. The molecule has 0 aromatic carbocycles. The van der Waals surface area contributed by atoms with Gasteiger partial charge in [0.2, 0.25) is 5.91 Å². The first-order valence-electron chi connectivity index (χ1n) is 5.04. The number of likely N-dealkylation sites (tertiary alicyclic amines) is 1. The molecule has 1 rings (SSSR count). The molecule has 0 aromatic rings. The van der Waals surface area contributed by atoms with E-state index in [0.717, 1.165) is 6.42 Å². The summed E-state index contributed by atoms with van der Waals surface area (Å²) in [7, 11) is 0. The van der Waals surface area contributed by atoms with Crippen molar-refractivity contribution in [2.24, 2.45) is 11.8 Å². The molecule has 2 unspecified atom stereocenters. The fraction of sp³-hybridized carbons (Fsp3) is 0.800. The van der Waals surface area contributed by atoms with Gasteiger partial charge in [-0.2, -0.15) is 0 Å². The van der Waals surface area contributed by atoms with E-state index in [0.29, 0.717) is 19.5 Å². The predicted molar refractivity (Wildman–Crippen MR) is 51.8 cm³/mol. The van der Waals surface area contributed by atoms with Gasteiger partial charge in [0.05, 0.1) is 5.92 Å². The lowest BCUT2D eigenvalue weighted by atomic mass is 9.89. The Balaban J connectivity index is 2.55. The molecule has 1 aliphatic heterocycles. The number of hydrogen-bond donors (Lipinski definition) is 1. The highest BCUT2D eigenvalue weighted by Gasteiger charge is 2.33. The van der Waals surface area contributed by atoms with E-state index in [9.17, 15) is 9.59 Å². The summed E-state index contributed by atoms with van der Waals surface area (Å²) in [6.45, 7) is 4.74. The molecule has 0 radical (unpaired) electrons. The lowest BCUT2D eigenvalue weighted by Gasteiger charge is -2.18. The van der Waals surface area contributed by atoms with Crippen molar-refractivity contribution in [3.05, 3.63) is 0 Å². The molecular formula is C10H17NO3. The molecule has 1 N–H and O–H groups in total. The monoisotopic (exact) mass is 199 g/mol. The molecule has 0 aromatic heterocycles. The van der Waals surface area contributed by atoms with E-state index in [1.165, 1.54) is 6.92 Å². The minimum atomic E-state index is -0.733. The molecule has 1 heterocycles. The predicted octanol–water partition coefficient (Wildman–Crippen LogP) is 0.966. The zero-order valence-corrected chi connectivity index (χ0v) is 8.69. The highest BCUT2D eigenvalue weighted by molar-refractivity contribution is 5.74. The van der Waals surface area contributed by atoms with Gasteiger partial charge in [-0.05, 0) is 18.8 Å². The molecule has 0 saturated carbocycles. The Labute approximate surface area is 83.9 Å². The number of carboxylic acid groups (broad SMARTS) is 1. The molecule has 0 bridgehead atoms. The highest BCUT2D eigenvalue weighted by atomic mass is 16.4. The smallest absolute Gasteiger partial charge is 0.306 e. The Morgan fingerprint density at radius 1 is 1.57 bits per heavy atom. The van der Waals surface area contributed by atoms with Gasteiger partial charge in [-0.1, -0.05) is 6.92 Å². The number of hydrogen-bond acceptors (Lipinski definition) is 2. The molecule has 4 nitrogen and oxygen atoms in total. The molecule has 0 aliphatic carbocycles. The third-order valence-electron chi connectivity index (χ3n) is 3.00. The van der Waals surface area contributed by atoms with E-state index < -0.39 is 5.97 Å². The minimum Gasteiger partial charge on any atom is -0.481 e.